The van der Waals surface area contributed by atoms with Gasteiger partial charge in [0.25, 0.3) is 0 Å². The first-order valence-electron chi connectivity index (χ1n) is 6.40. The van der Waals surface area contributed by atoms with Crippen LogP contribution in [0.1, 0.15) is 35.8 Å². The first-order valence-corrected chi connectivity index (χ1v) is 7.20. The zero-order valence-electron chi connectivity index (χ0n) is 10.7. The highest BCUT2D eigenvalue weighted by Crippen LogP contribution is 2.38. The Hall–Kier alpha value is -1.49. The molecule has 19 heavy (non-hydrogen) atoms. The second kappa shape index (κ2) is 5.25. The molecule has 1 aliphatic rings. The molecule has 0 bridgehead atoms. The zero-order chi connectivity index (χ0) is 13.2. The summed E-state index contributed by atoms with van der Waals surface area (Å²) in [7, 11) is 0. The van der Waals surface area contributed by atoms with Crippen molar-refractivity contribution in [2.75, 3.05) is 5.32 Å². The maximum absolute atomic E-state index is 4.56. The fourth-order valence-electron chi connectivity index (χ4n) is 1.85. The molecule has 3 rings (SSSR count). The SMILES string of the molecule is Cc1ccc(CNc2cc(Br)nc(C3CC3)n2)cn1. The zero-order valence-corrected chi connectivity index (χ0v) is 12.3. The van der Waals surface area contributed by atoms with Crippen LogP contribution in [0, 0.1) is 6.92 Å². The highest BCUT2D eigenvalue weighted by molar-refractivity contribution is 9.10. The average Bonchev–Trinajstić information content (AvgIpc) is 3.22. The summed E-state index contributed by atoms with van der Waals surface area (Å²) in [5.74, 6) is 2.36. The molecule has 2 aromatic rings. The first kappa shape index (κ1) is 12.5. The summed E-state index contributed by atoms with van der Waals surface area (Å²) in [4.78, 5) is 13.3. The molecule has 0 atom stereocenters. The van der Waals surface area contributed by atoms with Gasteiger partial charge in [0.2, 0.25) is 0 Å². The van der Waals surface area contributed by atoms with Gasteiger partial charge >= 0.3 is 0 Å². The van der Waals surface area contributed by atoms with Gasteiger partial charge in [-0.3, -0.25) is 4.98 Å². The van der Waals surface area contributed by atoms with Crippen molar-refractivity contribution in [3.05, 3.63) is 46.1 Å². The minimum atomic E-state index is 0.555. The van der Waals surface area contributed by atoms with E-state index in [2.05, 4.69) is 42.3 Å². The van der Waals surface area contributed by atoms with Crippen LogP contribution in [-0.2, 0) is 6.54 Å². The maximum Gasteiger partial charge on any atom is 0.135 e. The van der Waals surface area contributed by atoms with E-state index in [4.69, 9.17) is 0 Å². The minimum absolute atomic E-state index is 0.555. The lowest BCUT2D eigenvalue weighted by Gasteiger charge is -2.07. The Morgan fingerprint density at radius 1 is 1.32 bits per heavy atom. The number of halogens is 1. The molecule has 0 aromatic carbocycles. The van der Waals surface area contributed by atoms with Crippen LogP contribution >= 0.6 is 15.9 Å². The Morgan fingerprint density at radius 2 is 2.16 bits per heavy atom. The van der Waals surface area contributed by atoms with E-state index in [0.717, 1.165) is 34.0 Å². The number of nitrogens with zero attached hydrogens (tertiary/aromatic N) is 3. The lowest BCUT2D eigenvalue weighted by atomic mass is 10.2. The summed E-state index contributed by atoms with van der Waals surface area (Å²) in [5, 5.41) is 3.32. The summed E-state index contributed by atoms with van der Waals surface area (Å²) >= 11 is 3.44. The Bertz CT molecular complexity index is 578. The number of rotatable bonds is 4. The van der Waals surface area contributed by atoms with Gasteiger partial charge in [-0.1, -0.05) is 6.07 Å². The lowest BCUT2D eigenvalue weighted by molar-refractivity contribution is 0.909. The lowest BCUT2D eigenvalue weighted by Crippen LogP contribution is -2.04. The van der Waals surface area contributed by atoms with E-state index >= 15 is 0 Å². The predicted octanol–water partition coefficient (Wildman–Crippen LogP) is 3.43. The number of nitrogens with one attached hydrogen (secondary N) is 1. The number of pyridine rings is 1. The van der Waals surface area contributed by atoms with Gasteiger partial charge in [-0.2, -0.15) is 0 Å². The second-order valence-electron chi connectivity index (χ2n) is 4.87. The van der Waals surface area contributed by atoms with E-state index in [1.54, 1.807) is 0 Å². The molecule has 5 heteroatoms. The number of aryl methyl sites for hydroxylation is 1. The minimum Gasteiger partial charge on any atom is -0.366 e. The van der Waals surface area contributed by atoms with Crippen molar-refractivity contribution in [1.29, 1.82) is 0 Å². The third kappa shape index (κ3) is 3.29. The third-order valence-corrected chi connectivity index (χ3v) is 3.51. The fraction of sp³-hybridized carbons (Fsp3) is 0.357. The van der Waals surface area contributed by atoms with E-state index < -0.39 is 0 Å². The largest absolute Gasteiger partial charge is 0.366 e. The quantitative estimate of drug-likeness (QED) is 0.877. The molecule has 0 amide bonds. The molecule has 0 saturated heterocycles. The molecule has 0 aliphatic heterocycles. The van der Waals surface area contributed by atoms with Crippen LogP contribution in [0.3, 0.4) is 0 Å². The van der Waals surface area contributed by atoms with E-state index in [1.807, 2.05) is 25.3 Å². The Balaban J connectivity index is 1.70. The third-order valence-electron chi connectivity index (χ3n) is 3.10. The molecule has 0 spiro atoms. The summed E-state index contributed by atoms with van der Waals surface area (Å²) in [6.07, 6.45) is 4.30. The molecule has 98 valence electrons. The number of anilines is 1. The summed E-state index contributed by atoms with van der Waals surface area (Å²) < 4.78 is 0.842. The van der Waals surface area contributed by atoms with Gasteiger partial charge in [0.1, 0.15) is 16.2 Å². The van der Waals surface area contributed by atoms with E-state index in [-0.39, 0.29) is 0 Å². The van der Waals surface area contributed by atoms with Crippen molar-refractivity contribution in [2.24, 2.45) is 0 Å². The molecular weight excluding hydrogens is 304 g/mol. The standard InChI is InChI=1S/C14H15BrN4/c1-9-2-3-10(7-16-9)8-17-13-6-12(15)18-14(19-13)11-4-5-11/h2-3,6-7,11H,4-5,8H2,1H3,(H,17,18,19). The maximum atomic E-state index is 4.56. The van der Waals surface area contributed by atoms with Crippen molar-refractivity contribution < 1.29 is 0 Å². The van der Waals surface area contributed by atoms with Crippen molar-refractivity contribution in [3.8, 4) is 0 Å². The van der Waals surface area contributed by atoms with Gasteiger partial charge in [-0.15, -0.1) is 0 Å². The first-order chi connectivity index (χ1) is 9.20. The van der Waals surface area contributed by atoms with Crippen LogP contribution in [0.15, 0.2) is 29.0 Å². The Kier molecular flexibility index (Phi) is 3.46. The molecule has 1 saturated carbocycles. The van der Waals surface area contributed by atoms with E-state index in [9.17, 15) is 0 Å². The average molecular weight is 319 g/mol. The van der Waals surface area contributed by atoms with Crippen molar-refractivity contribution >= 4 is 21.7 Å². The van der Waals surface area contributed by atoms with Crippen LogP contribution in [-0.4, -0.2) is 15.0 Å². The van der Waals surface area contributed by atoms with Crippen LogP contribution in [0.5, 0.6) is 0 Å². The summed E-state index contributed by atoms with van der Waals surface area (Å²) in [6, 6.07) is 6.00. The molecule has 1 aliphatic carbocycles. The van der Waals surface area contributed by atoms with Gasteiger partial charge in [-0.05, 0) is 47.3 Å². The molecule has 2 aromatic heterocycles. The topological polar surface area (TPSA) is 50.7 Å². The molecule has 0 radical (unpaired) electrons. The highest BCUT2D eigenvalue weighted by Gasteiger charge is 2.27. The predicted molar refractivity (Wildman–Crippen MR) is 78.0 cm³/mol. The van der Waals surface area contributed by atoms with Crippen LogP contribution in [0.25, 0.3) is 0 Å². The number of hydrogen-bond acceptors (Lipinski definition) is 4. The fourth-order valence-corrected chi connectivity index (χ4v) is 2.24. The van der Waals surface area contributed by atoms with E-state index in [0.29, 0.717) is 5.92 Å². The second-order valence-corrected chi connectivity index (χ2v) is 5.68. The number of aromatic nitrogens is 3. The van der Waals surface area contributed by atoms with Gasteiger partial charge < -0.3 is 5.32 Å². The molecule has 0 unspecified atom stereocenters. The van der Waals surface area contributed by atoms with Crippen LogP contribution in [0.4, 0.5) is 5.82 Å². The van der Waals surface area contributed by atoms with Crippen molar-refractivity contribution in [2.45, 2.75) is 32.2 Å². The van der Waals surface area contributed by atoms with Crippen molar-refractivity contribution in [3.63, 3.8) is 0 Å². The monoisotopic (exact) mass is 318 g/mol. The van der Waals surface area contributed by atoms with Crippen LogP contribution < -0.4 is 5.32 Å². The van der Waals surface area contributed by atoms with Gasteiger partial charge in [0.15, 0.2) is 0 Å². The Labute approximate surface area is 120 Å². The van der Waals surface area contributed by atoms with Gasteiger partial charge in [0, 0.05) is 30.4 Å². The molecule has 1 fully saturated rings. The van der Waals surface area contributed by atoms with Crippen LogP contribution in [0.2, 0.25) is 0 Å². The normalized spacial score (nSPS) is 14.4. The molecule has 2 heterocycles. The van der Waals surface area contributed by atoms with Crippen molar-refractivity contribution in [1.82, 2.24) is 15.0 Å². The molecule has 1 N–H and O–H groups in total. The Morgan fingerprint density at radius 3 is 2.84 bits per heavy atom. The van der Waals surface area contributed by atoms with E-state index in [1.165, 1.54) is 12.8 Å². The number of hydrogen-bond donors (Lipinski definition) is 1. The van der Waals surface area contributed by atoms with Gasteiger partial charge in [0.05, 0.1) is 0 Å². The highest BCUT2D eigenvalue weighted by atomic mass is 79.9. The summed E-state index contributed by atoms with van der Waals surface area (Å²) in [5.41, 5.74) is 2.18. The summed E-state index contributed by atoms with van der Waals surface area (Å²) in [6.45, 7) is 2.71. The molecular formula is C14H15BrN4. The van der Waals surface area contributed by atoms with Gasteiger partial charge in [-0.25, -0.2) is 9.97 Å². The smallest absolute Gasteiger partial charge is 0.135 e. The molecule has 4 nitrogen and oxygen atoms in total.